The molecule has 2 aromatic carbocycles. The lowest BCUT2D eigenvalue weighted by Crippen LogP contribution is -1.98. The Morgan fingerprint density at radius 2 is 1.93 bits per heavy atom. The van der Waals surface area contributed by atoms with Gasteiger partial charge in [-0.25, -0.2) is 4.98 Å². The third kappa shape index (κ3) is 3.25. The summed E-state index contributed by atoms with van der Waals surface area (Å²) in [7, 11) is 0. The Bertz CT molecular complexity index is 1120. The average Bonchev–Trinajstić information content (AvgIpc) is 3.46. The van der Waals surface area contributed by atoms with Gasteiger partial charge in [0.05, 0.1) is 5.69 Å². The zero-order valence-electron chi connectivity index (χ0n) is 15.0. The molecule has 1 aliphatic rings. The van der Waals surface area contributed by atoms with Crippen LogP contribution in [0.1, 0.15) is 11.5 Å². The fourth-order valence-corrected chi connectivity index (χ4v) is 4.80. The molecule has 0 bridgehead atoms. The fraction of sp³-hybridized carbons (Fsp3) is 0.150. The van der Waals surface area contributed by atoms with Crippen LogP contribution in [0, 0.1) is 6.92 Å². The molecular formula is C20H16N4O2S2. The lowest BCUT2D eigenvalue weighted by molar-refractivity contribution is 0.174. The summed E-state index contributed by atoms with van der Waals surface area (Å²) in [6.45, 7) is 2.24. The van der Waals surface area contributed by atoms with Crippen LogP contribution in [0.3, 0.4) is 0 Å². The molecule has 0 atom stereocenters. The van der Waals surface area contributed by atoms with E-state index >= 15 is 0 Å². The lowest BCUT2D eigenvalue weighted by Gasteiger charge is -2.07. The van der Waals surface area contributed by atoms with Crippen molar-refractivity contribution in [2.45, 2.75) is 17.8 Å². The molecule has 3 heterocycles. The number of benzene rings is 2. The summed E-state index contributed by atoms with van der Waals surface area (Å²) in [6.07, 6.45) is 0. The van der Waals surface area contributed by atoms with E-state index in [0.29, 0.717) is 0 Å². The van der Waals surface area contributed by atoms with E-state index in [-0.39, 0.29) is 6.79 Å². The van der Waals surface area contributed by atoms with Gasteiger partial charge in [-0.1, -0.05) is 30.0 Å². The van der Waals surface area contributed by atoms with Gasteiger partial charge in [0.25, 0.3) is 0 Å². The first-order valence-electron chi connectivity index (χ1n) is 8.72. The summed E-state index contributed by atoms with van der Waals surface area (Å²) in [5.41, 5.74) is 3.11. The first kappa shape index (κ1) is 17.3. The second kappa shape index (κ2) is 7.29. The van der Waals surface area contributed by atoms with E-state index in [0.717, 1.165) is 50.2 Å². The molecule has 0 saturated carbocycles. The van der Waals surface area contributed by atoms with Crippen molar-refractivity contribution in [3.05, 3.63) is 65.4 Å². The van der Waals surface area contributed by atoms with Crippen LogP contribution in [-0.4, -0.2) is 26.5 Å². The van der Waals surface area contributed by atoms with Gasteiger partial charge in [-0.3, -0.25) is 4.57 Å². The molecule has 6 nitrogen and oxygen atoms in total. The molecule has 0 N–H and O–H groups in total. The maximum Gasteiger partial charge on any atom is 0.231 e. The minimum absolute atomic E-state index is 0.278. The first-order chi connectivity index (χ1) is 13.8. The zero-order chi connectivity index (χ0) is 18.9. The molecule has 0 aliphatic carbocycles. The van der Waals surface area contributed by atoms with E-state index in [4.69, 9.17) is 14.5 Å². The molecule has 0 radical (unpaired) electrons. The fourth-order valence-electron chi connectivity index (χ4n) is 2.98. The van der Waals surface area contributed by atoms with E-state index in [1.54, 1.807) is 23.1 Å². The normalized spacial score (nSPS) is 12.5. The highest BCUT2D eigenvalue weighted by Gasteiger charge is 2.16. The Morgan fingerprint density at radius 3 is 2.82 bits per heavy atom. The van der Waals surface area contributed by atoms with E-state index in [2.05, 4.69) is 32.3 Å². The molecule has 2 aromatic heterocycles. The highest BCUT2D eigenvalue weighted by atomic mass is 32.2. The summed E-state index contributed by atoms with van der Waals surface area (Å²) >= 11 is 3.26. The molecule has 5 rings (SSSR count). The number of hydrogen-bond acceptors (Lipinski definition) is 7. The Balaban J connectivity index is 1.34. The quantitative estimate of drug-likeness (QED) is 0.445. The SMILES string of the molecule is Cc1nnc(SCc2csc(-c3ccc4c(c3)OCO4)n2)n1-c1ccccc1. The summed E-state index contributed by atoms with van der Waals surface area (Å²) in [5, 5.41) is 12.5. The van der Waals surface area contributed by atoms with Crippen molar-refractivity contribution in [1.29, 1.82) is 0 Å². The summed E-state index contributed by atoms with van der Waals surface area (Å²) in [6, 6.07) is 16.1. The van der Waals surface area contributed by atoms with Crippen LogP contribution < -0.4 is 9.47 Å². The second-order valence-corrected chi connectivity index (χ2v) is 8.00. The topological polar surface area (TPSA) is 62.1 Å². The smallest absolute Gasteiger partial charge is 0.231 e. The molecular weight excluding hydrogens is 392 g/mol. The van der Waals surface area contributed by atoms with Crippen molar-refractivity contribution in [2.24, 2.45) is 0 Å². The number of thiazole rings is 1. The predicted octanol–water partition coefficient (Wildman–Crippen LogP) is 4.72. The first-order valence-corrected chi connectivity index (χ1v) is 10.6. The molecule has 28 heavy (non-hydrogen) atoms. The van der Waals surface area contributed by atoms with E-state index in [1.165, 1.54) is 0 Å². The molecule has 8 heteroatoms. The maximum atomic E-state index is 5.46. The monoisotopic (exact) mass is 408 g/mol. The van der Waals surface area contributed by atoms with Crippen LogP contribution in [0.25, 0.3) is 16.3 Å². The zero-order valence-corrected chi connectivity index (χ0v) is 16.7. The van der Waals surface area contributed by atoms with E-state index < -0.39 is 0 Å². The number of aryl methyl sites for hydroxylation is 1. The van der Waals surface area contributed by atoms with Gasteiger partial charge < -0.3 is 9.47 Å². The number of hydrogen-bond donors (Lipinski definition) is 0. The number of rotatable bonds is 5. The number of para-hydroxylation sites is 1. The van der Waals surface area contributed by atoms with Crippen LogP contribution in [0.4, 0.5) is 0 Å². The van der Waals surface area contributed by atoms with Crippen LogP contribution in [-0.2, 0) is 5.75 Å². The van der Waals surface area contributed by atoms with Crippen LogP contribution in [0.15, 0.2) is 59.1 Å². The third-order valence-electron chi connectivity index (χ3n) is 4.33. The number of aromatic nitrogens is 4. The molecule has 0 saturated heterocycles. The van der Waals surface area contributed by atoms with Crippen LogP contribution in [0.2, 0.25) is 0 Å². The van der Waals surface area contributed by atoms with Gasteiger partial charge in [-0.2, -0.15) is 0 Å². The highest BCUT2D eigenvalue weighted by Crippen LogP contribution is 2.37. The van der Waals surface area contributed by atoms with Gasteiger partial charge in [-0.05, 0) is 37.3 Å². The Hall–Kier alpha value is -2.84. The largest absolute Gasteiger partial charge is 0.454 e. The Morgan fingerprint density at radius 1 is 1.07 bits per heavy atom. The van der Waals surface area contributed by atoms with E-state index in [9.17, 15) is 0 Å². The van der Waals surface area contributed by atoms with Gasteiger partial charge in [0.2, 0.25) is 6.79 Å². The number of ether oxygens (including phenoxy) is 2. The van der Waals surface area contributed by atoms with Gasteiger partial charge in [0, 0.05) is 22.4 Å². The number of thioether (sulfide) groups is 1. The van der Waals surface area contributed by atoms with Gasteiger partial charge in [0.1, 0.15) is 10.8 Å². The van der Waals surface area contributed by atoms with Crippen molar-refractivity contribution in [2.75, 3.05) is 6.79 Å². The summed E-state index contributed by atoms with van der Waals surface area (Å²) in [4.78, 5) is 4.77. The maximum absolute atomic E-state index is 5.46. The van der Waals surface area contributed by atoms with E-state index in [1.807, 2.05) is 43.3 Å². The average molecular weight is 409 g/mol. The van der Waals surface area contributed by atoms with Gasteiger partial charge >= 0.3 is 0 Å². The predicted molar refractivity (Wildman–Crippen MR) is 109 cm³/mol. The van der Waals surface area contributed by atoms with Crippen molar-refractivity contribution in [1.82, 2.24) is 19.7 Å². The van der Waals surface area contributed by atoms with Gasteiger partial charge in [0.15, 0.2) is 16.7 Å². The lowest BCUT2D eigenvalue weighted by atomic mass is 10.2. The minimum Gasteiger partial charge on any atom is -0.454 e. The van der Waals surface area contributed by atoms with Crippen LogP contribution in [0.5, 0.6) is 11.5 Å². The summed E-state index contributed by atoms with van der Waals surface area (Å²) in [5.74, 6) is 3.15. The minimum atomic E-state index is 0.278. The summed E-state index contributed by atoms with van der Waals surface area (Å²) < 4.78 is 12.9. The van der Waals surface area contributed by atoms with Crippen molar-refractivity contribution in [3.8, 4) is 27.8 Å². The van der Waals surface area contributed by atoms with Crippen molar-refractivity contribution < 1.29 is 9.47 Å². The van der Waals surface area contributed by atoms with Crippen molar-refractivity contribution in [3.63, 3.8) is 0 Å². The molecule has 140 valence electrons. The molecule has 0 amide bonds. The Kier molecular flexibility index (Phi) is 4.50. The third-order valence-corrected chi connectivity index (χ3v) is 6.23. The molecule has 1 aliphatic heterocycles. The van der Waals surface area contributed by atoms with Gasteiger partial charge in [-0.15, -0.1) is 21.5 Å². The molecule has 0 spiro atoms. The number of fused-ring (bicyclic) bond motifs is 1. The highest BCUT2D eigenvalue weighted by molar-refractivity contribution is 7.98. The van der Waals surface area contributed by atoms with Crippen LogP contribution >= 0.6 is 23.1 Å². The molecule has 0 unspecified atom stereocenters. The number of nitrogens with zero attached hydrogens (tertiary/aromatic N) is 4. The van der Waals surface area contributed by atoms with Crippen molar-refractivity contribution >= 4 is 23.1 Å². The second-order valence-electron chi connectivity index (χ2n) is 6.20. The standard InChI is InChI=1S/C20H16N4O2S2/c1-13-22-23-20(24(13)16-5-3-2-4-6-16)28-11-15-10-27-19(21-15)14-7-8-17-18(9-14)26-12-25-17/h2-10H,11-12H2,1H3. The molecule has 0 fully saturated rings. The Labute approximate surface area is 170 Å². The molecule has 4 aromatic rings.